The molecule has 104 valence electrons. The zero-order valence-electron chi connectivity index (χ0n) is 11.8. The third kappa shape index (κ3) is 2.68. The van der Waals surface area contributed by atoms with Crippen molar-refractivity contribution in [1.29, 1.82) is 0 Å². The van der Waals surface area contributed by atoms with Crippen molar-refractivity contribution in [3.63, 3.8) is 0 Å². The van der Waals surface area contributed by atoms with Crippen LogP contribution in [0.4, 0.5) is 5.69 Å². The molecule has 0 aliphatic carbocycles. The van der Waals surface area contributed by atoms with Crippen molar-refractivity contribution in [2.75, 3.05) is 18.1 Å². The summed E-state index contributed by atoms with van der Waals surface area (Å²) in [5.41, 5.74) is 5.22. The maximum Gasteiger partial charge on any atom is 0.142 e. The Balaban J connectivity index is 1.91. The number of anilines is 1. The predicted octanol–water partition coefficient (Wildman–Crippen LogP) is 4.46. The molecule has 1 aliphatic heterocycles. The molecule has 0 bridgehead atoms. The quantitative estimate of drug-likeness (QED) is 0.805. The first-order valence-corrected chi connectivity index (χ1v) is 7.66. The van der Waals surface area contributed by atoms with Gasteiger partial charge >= 0.3 is 0 Å². The van der Waals surface area contributed by atoms with Gasteiger partial charge in [0.15, 0.2) is 0 Å². The zero-order chi connectivity index (χ0) is 14.1. The van der Waals surface area contributed by atoms with E-state index in [0.717, 1.165) is 29.9 Å². The number of hydrogen-bond donors (Lipinski definition) is 0. The molecule has 2 nitrogen and oxygen atoms in total. The van der Waals surface area contributed by atoms with Gasteiger partial charge in [-0.3, -0.25) is 0 Å². The number of rotatable bonds is 2. The van der Waals surface area contributed by atoms with Crippen LogP contribution in [0.15, 0.2) is 40.9 Å². The molecule has 3 heteroatoms. The number of nitrogens with zero attached hydrogens (tertiary/aromatic N) is 1. The molecule has 2 aromatic carbocycles. The SMILES string of the molecule is Cc1ccc(CN2CCOc3ccc(Br)cc32)c(C)c1. The van der Waals surface area contributed by atoms with Crippen LogP contribution in [0.2, 0.25) is 0 Å². The molecule has 0 saturated heterocycles. The van der Waals surface area contributed by atoms with Crippen molar-refractivity contribution < 1.29 is 4.74 Å². The van der Waals surface area contributed by atoms with E-state index in [-0.39, 0.29) is 0 Å². The summed E-state index contributed by atoms with van der Waals surface area (Å²) in [5, 5.41) is 0. The molecule has 0 fully saturated rings. The van der Waals surface area contributed by atoms with Crippen molar-refractivity contribution in [3.8, 4) is 5.75 Å². The van der Waals surface area contributed by atoms with Crippen LogP contribution in [-0.4, -0.2) is 13.2 Å². The molecule has 0 unspecified atom stereocenters. The van der Waals surface area contributed by atoms with E-state index in [9.17, 15) is 0 Å². The van der Waals surface area contributed by atoms with Crippen LogP contribution < -0.4 is 9.64 Å². The van der Waals surface area contributed by atoms with Crippen LogP contribution >= 0.6 is 15.9 Å². The van der Waals surface area contributed by atoms with Gasteiger partial charge in [0.1, 0.15) is 12.4 Å². The van der Waals surface area contributed by atoms with E-state index >= 15 is 0 Å². The van der Waals surface area contributed by atoms with E-state index in [1.165, 1.54) is 22.4 Å². The first-order chi connectivity index (χ1) is 9.63. The molecule has 0 spiro atoms. The fraction of sp³-hybridized carbons (Fsp3) is 0.294. The monoisotopic (exact) mass is 331 g/mol. The average molecular weight is 332 g/mol. The van der Waals surface area contributed by atoms with Crippen LogP contribution in [0.5, 0.6) is 5.75 Å². The van der Waals surface area contributed by atoms with E-state index < -0.39 is 0 Å². The van der Waals surface area contributed by atoms with Gasteiger partial charge in [-0.05, 0) is 43.2 Å². The first kappa shape index (κ1) is 13.5. The molecule has 0 amide bonds. The van der Waals surface area contributed by atoms with Gasteiger partial charge in [0.25, 0.3) is 0 Å². The summed E-state index contributed by atoms with van der Waals surface area (Å²) >= 11 is 3.55. The van der Waals surface area contributed by atoms with Crippen molar-refractivity contribution in [1.82, 2.24) is 0 Å². The lowest BCUT2D eigenvalue weighted by Gasteiger charge is -2.32. The van der Waals surface area contributed by atoms with Gasteiger partial charge < -0.3 is 9.64 Å². The number of benzene rings is 2. The molecular weight excluding hydrogens is 314 g/mol. The number of halogens is 1. The second-order valence-electron chi connectivity index (χ2n) is 5.31. The van der Waals surface area contributed by atoms with Crippen LogP contribution in [0, 0.1) is 13.8 Å². The largest absolute Gasteiger partial charge is 0.490 e. The summed E-state index contributed by atoms with van der Waals surface area (Å²) in [7, 11) is 0. The number of fused-ring (bicyclic) bond motifs is 1. The molecule has 0 saturated carbocycles. The highest BCUT2D eigenvalue weighted by Gasteiger charge is 2.18. The van der Waals surface area contributed by atoms with Crippen LogP contribution in [0.25, 0.3) is 0 Å². The summed E-state index contributed by atoms with van der Waals surface area (Å²) in [4.78, 5) is 2.39. The maximum absolute atomic E-state index is 5.73. The Kier molecular flexibility index (Phi) is 3.70. The highest BCUT2D eigenvalue weighted by atomic mass is 79.9. The Hall–Kier alpha value is -1.48. The van der Waals surface area contributed by atoms with Gasteiger partial charge in [0, 0.05) is 11.0 Å². The summed E-state index contributed by atoms with van der Waals surface area (Å²) in [6, 6.07) is 12.9. The molecule has 1 aliphatic rings. The Morgan fingerprint density at radius 1 is 1.15 bits per heavy atom. The fourth-order valence-electron chi connectivity index (χ4n) is 2.64. The van der Waals surface area contributed by atoms with Gasteiger partial charge in [-0.15, -0.1) is 0 Å². The fourth-order valence-corrected chi connectivity index (χ4v) is 2.99. The Morgan fingerprint density at radius 3 is 2.80 bits per heavy atom. The molecule has 20 heavy (non-hydrogen) atoms. The third-order valence-electron chi connectivity index (χ3n) is 3.74. The molecule has 0 N–H and O–H groups in total. The van der Waals surface area contributed by atoms with Gasteiger partial charge in [-0.2, -0.15) is 0 Å². The van der Waals surface area contributed by atoms with Gasteiger partial charge in [-0.25, -0.2) is 0 Å². The molecular formula is C17H18BrNO. The molecule has 0 atom stereocenters. The Morgan fingerprint density at radius 2 is 2.00 bits per heavy atom. The maximum atomic E-state index is 5.73. The standard InChI is InChI=1S/C17H18BrNO/c1-12-3-4-14(13(2)9-12)11-19-7-8-20-17-6-5-15(18)10-16(17)19/h3-6,9-10H,7-8,11H2,1-2H3. The van der Waals surface area contributed by atoms with Crippen molar-refractivity contribution in [3.05, 3.63) is 57.6 Å². The van der Waals surface area contributed by atoms with Crippen LogP contribution in [-0.2, 0) is 6.54 Å². The van der Waals surface area contributed by atoms with Gasteiger partial charge in [-0.1, -0.05) is 39.7 Å². The molecule has 0 radical (unpaired) electrons. The highest BCUT2D eigenvalue weighted by Crippen LogP contribution is 2.35. The Bertz CT molecular complexity index is 639. The Labute approximate surface area is 128 Å². The minimum Gasteiger partial charge on any atom is -0.490 e. The molecule has 1 heterocycles. The summed E-state index contributed by atoms with van der Waals surface area (Å²) < 4.78 is 6.82. The van der Waals surface area contributed by atoms with Gasteiger partial charge in [0.05, 0.1) is 12.2 Å². The van der Waals surface area contributed by atoms with E-state index in [4.69, 9.17) is 4.74 Å². The van der Waals surface area contributed by atoms with Crippen LogP contribution in [0.1, 0.15) is 16.7 Å². The number of aryl methyl sites for hydroxylation is 2. The van der Waals surface area contributed by atoms with Crippen LogP contribution in [0.3, 0.4) is 0 Å². The van der Waals surface area contributed by atoms with E-state index in [2.05, 4.69) is 58.9 Å². The van der Waals surface area contributed by atoms with Crippen molar-refractivity contribution in [2.45, 2.75) is 20.4 Å². The first-order valence-electron chi connectivity index (χ1n) is 6.87. The second kappa shape index (κ2) is 5.49. The minimum atomic E-state index is 0.750. The lowest BCUT2D eigenvalue weighted by atomic mass is 10.0. The minimum absolute atomic E-state index is 0.750. The third-order valence-corrected chi connectivity index (χ3v) is 4.23. The molecule has 0 aromatic heterocycles. The average Bonchev–Trinajstić information content (AvgIpc) is 2.42. The second-order valence-corrected chi connectivity index (χ2v) is 6.23. The van der Waals surface area contributed by atoms with E-state index in [0.29, 0.717) is 0 Å². The highest BCUT2D eigenvalue weighted by molar-refractivity contribution is 9.10. The lowest BCUT2D eigenvalue weighted by molar-refractivity contribution is 0.307. The summed E-state index contributed by atoms with van der Waals surface area (Å²) in [6.45, 7) is 6.93. The zero-order valence-corrected chi connectivity index (χ0v) is 13.4. The molecule has 2 aromatic rings. The van der Waals surface area contributed by atoms with E-state index in [1.807, 2.05) is 12.1 Å². The normalized spacial score (nSPS) is 13.8. The number of hydrogen-bond acceptors (Lipinski definition) is 2. The topological polar surface area (TPSA) is 12.5 Å². The molecule has 3 rings (SSSR count). The summed E-state index contributed by atoms with van der Waals surface area (Å²) in [6.07, 6.45) is 0. The predicted molar refractivity (Wildman–Crippen MR) is 86.6 cm³/mol. The number of ether oxygens (including phenoxy) is 1. The smallest absolute Gasteiger partial charge is 0.142 e. The summed E-state index contributed by atoms with van der Waals surface area (Å²) in [5.74, 6) is 0.976. The van der Waals surface area contributed by atoms with E-state index in [1.54, 1.807) is 0 Å². The van der Waals surface area contributed by atoms with Gasteiger partial charge in [0.2, 0.25) is 0 Å². The van der Waals surface area contributed by atoms with Crippen molar-refractivity contribution >= 4 is 21.6 Å². The lowest BCUT2D eigenvalue weighted by Crippen LogP contribution is -2.32. The van der Waals surface area contributed by atoms with Crippen molar-refractivity contribution in [2.24, 2.45) is 0 Å².